The van der Waals surface area contributed by atoms with E-state index in [0.717, 1.165) is 24.1 Å². The number of amides is 3. The van der Waals surface area contributed by atoms with Gasteiger partial charge in [0.25, 0.3) is 11.8 Å². The van der Waals surface area contributed by atoms with Crippen molar-refractivity contribution in [3.63, 3.8) is 0 Å². The van der Waals surface area contributed by atoms with Crippen LogP contribution in [0.1, 0.15) is 41.6 Å². The van der Waals surface area contributed by atoms with Crippen molar-refractivity contribution in [2.24, 2.45) is 17.6 Å². The number of primary amides is 1. The Labute approximate surface area is 175 Å². The van der Waals surface area contributed by atoms with Crippen molar-refractivity contribution in [3.05, 3.63) is 65.7 Å². The molecule has 2 N–H and O–H groups in total. The summed E-state index contributed by atoms with van der Waals surface area (Å²) in [6, 6.07) is 16.7. The average Bonchev–Trinajstić information content (AvgIpc) is 3.52. The molecular formula is C24H25N3O3. The highest BCUT2D eigenvalue weighted by Gasteiger charge is 2.63. The lowest BCUT2D eigenvalue weighted by Gasteiger charge is -2.46. The van der Waals surface area contributed by atoms with E-state index in [9.17, 15) is 14.4 Å². The summed E-state index contributed by atoms with van der Waals surface area (Å²) in [5, 5.41) is 0. The molecule has 6 heteroatoms. The minimum Gasteiger partial charge on any atom is -0.369 e. The van der Waals surface area contributed by atoms with Crippen LogP contribution in [0.4, 0.5) is 5.69 Å². The van der Waals surface area contributed by atoms with Crippen LogP contribution >= 0.6 is 0 Å². The van der Waals surface area contributed by atoms with Crippen LogP contribution in [0, 0.1) is 11.8 Å². The van der Waals surface area contributed by atoms with Crippen LogP contribution in [0.25, 0.3) is 0 Å². The molecule has 1 saturated heterocycles. The summed E-state index contributed by atoms with van der Waals surface area (Å²) >= 11 is 0. The Hall–Kier alpha value is -3.15. The van der Waals surface area contributed by atoms with E-state index >= 15 is 0 Å². The van der Waals surface area contributed by atoms with Gasteiger partial charge in [-0.1, -0.05) is 36.4 Å². The quantitative estimate of drug-likeness (QED) is 0.852. The molecule has 2 aliphatic heterocycles. The Kier molecular flexibility index (Phi) is 4.20. The highest BCUT2D eigenvalue weighted by atomic mass is 16.2. The zero-order valence-corrected chi connectivity index (χ0v) is 17.0. The summed E-state index contributed by atoms with van der Waals surface area (Å²) in [5.74, 6) is -1.42. The van der Waals surface area contributed by atoms with E-state index < -0.39 is 23.3 Å². The largest absolute Gasteiger partial charge is 0.369 e. The molecule has 3 atom stereocenters. The Morgan fingerprint density at radius 2 is 1.73 bits per heavy atom. The Morgan fingerprint density at radius 1 is 1.07 bits per heavy atom. The number of nitrogens with zero attached hydrogens (tertiary/aromatic N) is 2. The summed E-state index contributed by atoms with van der Waals surface area (Å²) in [4.78, 5) is 43.3. The topological polar surface area (TPSA) is 83.7 Å². The van der Waals surface area contributed by atoms with Crippen LogP contribution in [0.15, 0.2) is 54.6 Å². The fourth-order valence-electron chi connectivity index (χ4n) is 5.22. The molecule has 3 aliphatic rings. The predicted octanol–water partition coefficient (Wildman–Crippen LogP) is 2.54. The molecule has 0 unspecified atom stereocenters. The molecule has 2 fully saturated rings. The summed E-state index contributed by atoms with van der Waals surface area (Å²) in [5.41, 5.74) is 6.90. The summed E-state index contributed by atoms with van der Waals surface area (Å²) < 4.78 is 0. The third kappa shape index (κ3) is 2.66. The standard InChI is InChI=1S/C24H25N3O3/c1-24-20(17-9-5-6-10-19(17)26(23(24)30)13-15-11-12-15)18(21(25)28)14-27(24)22(29)16-7-3-2-4-8-16/h2-10,15,18,20H,11-14H2,1H3,(H2,25,28)/t18-,20+,24-/m0/s1. The Bertz CT molecular complexity index is 1030. The number of carbonyl (C=O) groups is 3. The van der Waals surface area contributed by atoms with E-state index in [2.05, 4.69) is 0 Å². The van der Waals surface area contributed by atoms with Gasteiger partial charge in [0, 0.05) is 30.3 Å². The SMILES string of the molecule is C[C@@]12C(=O)N(CC3CC3)c3ccccc3[C@@H]1[C@@H](C(N)=O)CN2C(=O)c1ccccc1. The van der Waals surface area contributed by atoms with E-state index in [1.54, 1.807) is 36.1 Å². The molecule has 0 radical (unpaired) electrons. The van der Waals surface area contributed by atoms with Crippen LogP contribution < -0.4 is 10.6 Å². The van der Waals surface area contributed by atoms with Gasteiger partial charge < -0.3 is 15.5 Å². The van der Waals surface area contributed by atoms with Crippen molar-refractivity contribution in [3.8, 4) is 0 Å². The van der Waals surface area contributed by atoms with Gasteiger partial charge in [-0.3, -0.25) is 14.4 Å². The number of carbonyl (C=O) groups excluding carboxylic acids is 3. The smallest absolute Gasteiger partial charge is 0.254 e. The number of nitrogens with two attached hydrogens (primary N) is 1. The van der Waals surface area contributed by atoms with Crippen molar-refractivity contribution >= 4 is 23.4 Å². The summed E-state index contributed by atoms with van der Waals surface area (Å²) in [6.45, 7) is 2.59. The van der Waals surface area contributed by atoms with Gasteiger partial charge in [-0.2, -0.15) is 0 Å². The molecule has 3 amide bonds. The molecule has 30 heavy (non-hydrogen) atoms. The molecule has 0 aromatic heterocycles. The van der Waals surface area contributed by atoms with E-state index in [1.807, 2.05) is 35.2 Å². The third-order valence-electron chi connectivity index (χ3n) is 6.96. The first-order valence-electron chi connectivity index (χ1n) is 10.5. The molecular weight excluding hydrogens is 378 g/mol. The number of rotatable bonds is 4. The number of likely N-dealkylation sites (tertiary alicyclic amines) is 1. The van der Waals surface area contributed by atoms with Gasteiger partial charge in [-0.25, -0.2) is 0 Å². The van der Waals surface area contributed by atoms with Gasteiger partial charge in [-0.05, 0) is 49.4 Å². The maximum atomic E-state index is 13.9. The van der Waals surface area contributed by atoms with Gasteiger partial charge in [0.2, 0.25) is 5.91 Å². The number of benzene rings is 2. The molecule has 2 aromatic rings. The van der Waals surface area contributed by atoms with Crippen molar-refractivity contribution in [1.29, 1.82) is 0 Å². The van der Waals surface area contributed by atoms with E-state index in [-0.39, 0.29) is 18.4 Å². The first-order valence-corrected chi connectivity index (χ1v) is 10.5. The number of anilines is 1. The van der Waals surface area contributed by atoms with Crippen LogP contribution in [0.3, 0.4) is 0 Å². The third-order valence-corrected chi connectivity index (χ3v) is 6.96. The van der Waals surface area contributed by atoms with Crippen molar-refractivity contribution in [2.75, 3.05) is 18.0 Å². The van der Waals surface area contributed by atoms with Gasteiger partial charge in [0.1, 0.15) is 5.54 Å². The second-order valence-corrected chi connectivity index (χ2v) is 8.83. The highest BCUT2D eigenvalue weighted by molar-refractivity contribution is 6.09. The fourth-order valence-corrected chi connectivity index (χ4v) is 5.22. The van der Waals surface area contributed by atoms with E-state index in [4.69, 9.17) is 5.73 Å². The fraction of sp³-hybridized carbons (Fsp3) is 0.375. The molecule has 1 aliphatic carbocycles. The molecule has 0 spiro atoms. The average molecular weight is 403 g/mol. The van der Waals surface area contributed by atoms with E-state index in [0.29, 0.717) is 18.0 Å². The normalized spacial score (nSPS) is 27.6. The number of fused-ring (bicyclic) bond motifs is 3. The lowest BCUT2D eigenvalue weighted by molar-refractivity contribution is -0.128. The predicted molar refractivity (Wildman–Crippen MR) is 113 cm³/mol. The van der Waals surface area contributed by atoms with Crippen LogP contribution in [-0.4, -0.2) is 41.2 Å². The minimum absolute atomic E-state index is 0.119. The van der Waals surface area contributed by atoms with Crippen LogP contribution in [-0.2, 0) is 9.59 Å². The Morgan fingerprint density at radius 3 is 2.40 bits per heavy atom. The Balaban J connectivity index is 1.66. The van der Waals surface area contributed by atoms with Crippen LogP contribution in [0.5, 0.6) is 0 Å². The van der Waals surface area contributed by atoms with Gasteiger partial charge in [0.15, 0.2) is 0 Å². The number of hydrogen-bond acceptors (Lipinski definition) is 3. The molecule has 6 nitrogen and oxygen atoms in total. The molecule has 154 valence electrons. The molecule has 1 saturated carbocycles. The van der Waals surface area contributed by atoms with Crippen molar-refractivity contribution in [2.45, 2.75) is 31.2 Å². The van der Waals surface area contributed by atoms with Crippen molar-refractivity contribution < 1.29 is 14.4 Å². The maximum absolute atomic E-state index is 13.9. The zero-order valence-electron chi connectivity index (χ0n) is 17.0. The lowest BCUT2D eigenvalue weighted by atomic mass is 9.71. The highest BCUT2D eigenvalue weighted by Crippen LogP contribution is 2.53. The summed E-state index contributed by atoms with van der Waals surface area (Å²) in [7, 11) is 0. The second kappa shape index (κ2) is 6.69. The first kappa shape index (κ1) is 18.9. The van der Waals surface area contributed by atoms with Gasteiger partial charge in [0.05, 0.1) is 5.92 Å². The van der Waals surface area contributed by atoms with Crippen LogP contribution in [0.2, 0.25) is 0 Å². The molecule has 2 aromatic carbocycles. The number of para-hydroxylation sites is 1. The summed E-state index contributed by atoms with van der Waals surface area (Å²) in [6.07, 6.45) is 2.23. The van der Waals surface area contributed by atoms with Gasteiger partial charge in [-0.15, -0.1) is 0 Å². The molecule has 2 heterocycles. The minimum atomic E-state index is -1.16. The monoisotopic (exact) mass is 403 g/mol. The van der Waals surface area contributed by atoms with E-state index in [1.165, 1.54) is 0 Å². The molecule has 0 bridgehead atoms. The maximum Gasteiger partial charge on any atom is 0.254 e. The van der Waals surface area contributed by atoms with Crippen molar-refractivity contribution in [1.82, 2.24) is 4.90 Å². The second-order valence-electron chi connectivity index (χ2n) is 8.83. The lowest BCUT2D eigenvalue weighted by Crippen LogP contribution is -2.62. The number of hydrogen-bond donors (Lipinski definition) is 1. The first-order chi connectivity index (χ1) is 14.4. The molecule has 5 rings (SSSR count). The van der Waals surface area contributed by atoms with Gasteiger partial charge >= 0.3 is 0 Å². The zero-order chi connectivity index (χ0) is 21.0.